The van der Waals surface area contributed by atoms with Gasteiger partial charge in [-0.05, 0) is 24.1 Å². The second-order valence-corrected chi connectivity index (χ2v) is 3.59. The van der Waals surface area contributed by atoms with Gasteiger partial charge in [0.05, 0.1) is 12.1 Å². The second-order valence-electron chi connectivity index (χ2n) is 3.59. The zero-order chi connectivity index (χ0) is 11.4. The Balaban J connectivity index is 2.49. The highest BCUT2D eigenvalue weighted by Gasteiger charge is 2.05. The van der Waals surface area contributed by atoms with Gasteiger partial charge in [0.15, 0.2) is 6.29 Å². The number of aldehydes is 1. The molecule has 1 heterocycles. The Bertz CT molecular complexity index is 508. The SMILES string of the molecule is COCCc1cc2ccccc2nc1C=O. The van der Waals surface area contributed by atoms with Crippen LogP contribution in [0.15, 0.2) is 30.3 Å². The summed E-state index contributed by atoms with van der Waals surface area (Å²) in [6, 6.07) is 9.78. The molecule has 0 saturated heterocycles. The lowest BCUT2D eigenvalue weighted by Crippen LogP contribution is -2.01. The van der Waals surface area contributed by atoms with E-state index in [0.29, 0.717) is 18.7 Å². The molecule has 0 spiro atoms. The molecule has 0 aliphatic heterocycles. The Hall–Kier alpha value is -1.74. The van der Waals surface area contributed by atoms with E-state index >= 15 is 0 Å². The molecule has 3 nitrogen and oxygen atoms in total. The number of hydrogen-bond acceptors (Lipinski definition) is 3. The topological polar surface area (TPSA) is 39.2 Å². The highest BCUT2D eigenvalue weighted by molar-refractivity contribution is 5.85. The normalized spacial score (nSPS) is 10.6. The van der Waals surface area contributed by atoms with Crippen molar-refractivity contribution in [1.29, 1.82) is 0 Å². The van der Waals surface area contributed by atoms with E-state index in [1.54, 1.807) is 7.11 Å². The third-order valence-corrected chi connectivity index (χ3v) is 2.52. The quantitative estimate of drug-likeness (QED) is 0.734. The van der Waals surface area contributed by atoms with Crippen LogP contribution in [0, 0.1) is 0 Å². The number of para-hydroxylation sites is 1. The van der Waals surface area contributed by atoms with Crippen LogP contribution < -0.4 is 0 Å². The van der Waals surface area contributed by atoms with Crippen LogP contribution in [0.1, 0.15) is 16.1 Å². The molecule has 3 heteroatoms. The maximum Gasteiger partial charge on any atom is 0.168 e. The molecule has 0 bridgehead atoms. The number of ether oxygens (including phenoxy) is 1. The number of rotatable bonds is 4. The van der Waals surface area contributed by atoms with Gasteiger partial charge < -0.3 is 4.74 Å². The number of hydrogen-bond donors (Lipinski definition) is 0. The maximum atomic E-state index is 10.9. The number of nitrogens with zero attached hydrogens (tertiary/aromatic N) is 1. The van der Waals surface area contributed by atoms with Crippen LogP contribution in [-0.2, 0) is 11.2 Å². The van der Waals surface area contributed by atoms with Gasteiger partial charge in [-0.15, -0.1) is 0 Å². The molecule has 0 N–H and O–H groups in total. The Morgan fingerprint density at radius 3 is 2.94 bits per heavy atom. The molecule has 0 radical (unpaired) electrons. The number of aromatic nitrogens is 1. The molecular formula is C13H13NO2. The summed E-state index contributed by atoms with van der Waals surface area (Å²) >= 11 is 0. The van der Waals surface area contributed by atoms with E-state index in [9.17, 15) is 4.79 Å². The van der Waals surface area contributed by atoms with Gasteiger partial charge in [0.1, 0.15) is 5.69 Å². The molecule has 0 amide bonds. The summed E-state index contributed by atoms with van der Waals surface area (Å²) in [5.41, 5.74) is 2.30. The van der Waals surface area contributed by atoms with E-state index in [1.165, 1.54) is 0 Å². The summed E-state index contributed by atoms with van der Waals surface area (Å²) < 4.78 is 5.01. The summed E-state index contributed by atoms with van der Waals surface area (Å²) in [6.07, 6.45) is 1.51. The Labute approximate surface area is 94.1 Å². The molecule has 0 atom stereocenters. The van der Waals surface area contributed by atoms with Gasteiger partial charge in [-0.3, -0.25) is 4.79 Å². The first-order valence-electron chi connectivity index (χ1n) is 5.18. The van der Waals surface area contributed by atoms with Gasteiger partial charge in [0.2, 0.25) is 0 Å². The van der Waals surface area contributed by atoms with E-state index in [0.717, 1.165) is 22.8 Å². The van der Waals surface area contributed by atoms with E-state index in [-0.39, 0.29) is 0 Å². The molecule has 82 valence electrons. The summed E-state index contributed by atoms with van der Waals surface area (Å²) in [6.45, 7) is 0.598. The molecule has 0 fully saturated rings. The number of carbonyl (C=O) groups excluding carboxylic acids is 1. The minimum absolute atomic E-state index is 0.510. The van der Waals surface area contributed by atoms with Crippen molar-refractivity contribution in [2.45, 2.75) is 6.42 Å². The lowest BCUT2D eigenvalue weighted by molar-refractivity contribution is 0.111. The number of methoxy groups -OCH3 is 1. The van der Waals surface area contributed by atoms with E-state index in [1.807, 2.05) is 30.3 Å². The zero-order valence-electron chi connectivity index (χ0n) is 9.14. The number of pyridine rings is 1. The summed E-state index contributed by atoms with van der Waals surface area (Å²) in [5.74, 6) is 0. The van der Waals surface area contributed by atoms with Gasteiger partial charge >= 0.3 is 0 Å². The minimum atomic E-state index is 0.510. The fraction of sp³-hybridized carbons (Fsp3) is 0.231. The highest BCUT2D eigenvalue weighted by Crippen LogP contribution is 2.16. The predicted molar refractivity (Wildman–Crippen MR) is 62.7 cm³/mol. The minimum Gasteiger partial charge on any atom is -0.384 e. The average Bonchev–Trinajstić information content (AvgIpc) is 2.35. The lowest BCUT2D eigenvalue weighted by atomic mass is 10.1. The first-order chi connectivity index (χ1) is 7.85. The summed E-state index contributed by atoms with van der Waals surface area (Å²) in [7, 11) is 1.65. The lowest BCUT2D eigenvalue weighted by Gasteiger charge is -2.05. The molecule has 0 unspecified atom stereocenters. The maximum absolute atomic E-state index is 10.9. The molecule has 2 rings (SSSR count). The molecule has 1 aromatic heterocycles. The zero-order valence-corrected chi connectivity index (χ0v) is 9.14. The summed E-state index contributed by atoms with van der Waals surface area (Å²) in [5, 5.41) is 1.05. The van der Waals surface area contributed by atoms with Crippen molar-refractivity contribution in [2.75, 3.05) is 13.7 Å². The molecular weight excluding hydrogens is 202 g/mol. The van der Waals surface area contributed by atoms with Gasteiger partial charge in [-0.2, -0.15) is 0 Å². The summed E-state index contributed by atoms with van der Waals surface area (Å²) in [4.78, 5) is 15.3. The fourth-order valence-electron chi connectivity index (χ4n) is 1.69. The Kier molecular flexibility index (Phi) is 3.27. The van der Waals surface area contributed by atoms with Gasteiger partial charge in [0, 0.05) is 12.5 Å². The van der Waals surface area contributed by atoms with Crippen molar-refractivity contribution in [3.05, 3.63) is 41.6 Å². The molecule has 0 aliphatic rings. The van der Waals surface area contributed by atoms with Crippen LogP contribution >= 0.6 is 0 Å². The van der Waals surface area contributed by atoms with Gasteiger partial charge in [0.25, 0.3) is 0 Å². The Morgan fingerprint density at radius 1 is 1.38 bits per heavy atom. The number of carbonyl (C=O) groups is 1. The monoisotopic (exact) mass is 215 g/mol. The van der Waals surface area contributed by atoms with Crippen LogP contribution in [0.4, 0.5) is 0 Å². The Morgan fingerprint density at radius 2 is 2.19 bits per heavy atom. The average molecular weight is 215 g/mol. The molecule has 0 saturated carbocycles. The smallest absolute Gasteiger partial charge is 0.168 e. The van der Waals surface area contributed by atoms with Crippen molar-refractivity contribution in [3.8, 4) is 0 Å². The third-order valence-electron chi connectivity index (χ3n) is 2.52. The molecule has 1 aromatic carbocycles. The van der Waals surface area contributed by atoms with Crippen molar-refractivity contribution >= 4 is 17.2 Å². The molecule has 16 heavy (non-hydrogen) atoms. The van der Waals surface area contributed by atoms with Crippen molar-refractivity contribution in [2.24, 2.45) is 0 Å². The van der Waals surface area contributed by atoms with Crippen molar-refractivity contribution < 1.29 is 9.53 Å². The predicted octanol–water partition coefficient (Wildman–Crippen LogP) is 2.24. The van der Waals surface area contributed by atoms with Gasteiger partial charge in [-0.1, -0.05) is 18.2 Å². The highest BCUT2D eigenvalue weighted by atomic mass is 16.5. The van der Waals surface area contributed by atoms with E-state index in [2.05, 4.69) is 4.98 Å². The van der Waals surface area contributed by atoms with Crippen LogP contribution in [0.3, 0.4) is 0 Å². The van der Waals surface area contributed by atoms with Crippen LogP contribution in [0.5, 0.6) is 0 Å². The fourth-order valence-corrected chi connectivity index (χ4v) is 1.69. The number of benzene rings is 1. The number of fused-ring (bicyclic) bond motifs is 1. The first-order valence-corrected chi connectivity index (χ1v) is 5.18. The van der Waals surface area contributed by atoms with Crippen molar-refractivity contribution in [1.82, 2.24) is 4.98 Å². The molecule has 0 aliphatic carbocycles. The third kappa shape index (κ3) is 2.09. The van der Waals surface area contributed by atoms with E-state index < -0.39 is 0 Å². The van der Waals surface area contributed by atoms with Crippen molar-refractivity contribution in [3.63, 3.8) is 0 Å². The van der Waals surface area contributed by atoms with Gasteiger partial charge in [-0.25, -0.2) is 4.98 Å². The van der Waals surface area contributed by atoms with Crippen LogP contribution in [0.25, 0.3) is 10.9 Å². The first kappa shape index (κ1) is 10.8. The largest absolute Gasteiger partial charge is 0.384 e. The van der Waals surface area contributed by atoms with E-state index in [4.69, 9.17) is 4.74 Å². The second kappa shape index (κ2) is 4.86. The van der Waals surface area contributed by atoms with Crippen LogP contribution in [-0.4, -0.2) is 25.0 Å². The molecule has 2 aromatic rings. The van der Waals surface area contributed by atoms with Crippen LogP contribution in [0.2, 0.25) is 0 Å². The standard InChI is InChI=1S/C13H13NO2/c1-16-7-6-11-8-10-4-2-3-5-12(10)14-13(11)9-15/h2-5,8-9H,6-7H2,1H3.